The lowest BCUT2D eigenvalue weighted by Crippen LogP contribution is -1.94. The molecule has 0 aliphatic heterocycles. The molecular weight excluding hydrogens is 166 g/mol. The number of hydrogen-bond donors (Lipinski definition) is 1. The highest BCUT2D eigenvalue weighted by atomic mass is 16.5. The van der Waals surface area contributed by atoms with Crippen LogP contribution in [-0.2, 0) is 0 Å². The zero-order valence-corrected chi connectivity index (χ0v) is 7.19. The van der Waals surface area contributed by atoms with Crippen molar-refractivity contribution in [1.82, 2.24) is 0 Å². The van der Waals surface area contributed by atoms with Gasteiger partial charge in [0, 0.05) is 5.56 Å². The van der Waals surface area contributed by atoms with Gasteiger partial charge in [0.15, 0.2) is 0 Å². The first-order valence-corrected chi connectivity index (χ1v) is 3.93. The lowest BCUT2D eigenvalue weighted by Gasteiger charge is -2.02. The van der Waals surface area contributed by atoms with Crippen LogP contribution in [0.3, 0.4) is 0 Å². The fraction of sp³-hybridized carbons (Fsp3) is 0.100. The van der Waals surface area contributed by atoms with E-state index in [0.717, 1.165) is 16.9 Å². The third-order valence-electron chi connectivity index (χ3n) is 2.06. The van der Waals surface area contributed by atoms with E-state index >= 15 is 0 Å². The Balaban J connectivity index is 2.52. The molecular formula is C10H9NO2. The van der Waals surface area contributed by atoms with E-state index in [0.29, 0.717) is 5.71 Å². The molecule has 13 heavy (non-hydrogen) atoms. The normalized spacial score (nSPS) is 16.2. The van der Waals surface area contributed by atoms with E-state index in [-0.39, 0.29) is 0 Å². The molecule has 0 radical (unpaired) electrons. The first kappa shape index (κ1) is 7.86. The van der Waals surface area contributed by atoms with Crippen molar-refractivity contribution in [2.24, 2.45) is 5.16 Å². The summed E-state index contributed by atoms with van der Waals surface area (Å²) in [5, 5.41) is 11.8. The number of benzene rings is 1. The third-order valence-corrected chi connectivity index (χ3v) is 2.06. The SMILES string of the molecule is COc1ccc2c(c1)C=CC2=NO. The molecule has 0 fully saturated rings. The Morgan fingerprint density at radius 3 is 2.85 bits per heavy atom. The molecule has 1 aliphatic carbocycles. The summed E-state index contributed by atoms with van der Waals surface area (Å²) in [5.41, 5.74) is 2.55. The van der Waals surface area contributed by atoms with Gasteiger partial charge in [-0.25, -0.2) is 0 Å². The van der Waals surface area contributed by atoms with Crippen molar-refractivity contribution in [2.75, 3.05) is 7.11 Å². The van der Waals surface area contributed by atoms with E-state index in [2.05, 4.69) is 5.16 Å². The van der Waals surface area contributed by atoms with Crippen LogP contribution < -0.4 is 4.74 Å². The van der Waals surface area contributed by atoms with E-state index in [1.807, 2.05) is 24.3 Å². The second-order valence-corrected chi connectivity index (χ2v) is 2.77. The van der Waals surface area contributed by atoms with Gasteiger partial charge in [0.05, 0.1) is 7.11 Å². The Bertz CT molecular complexity index is 394. The summed E-state index contributed by atoms with van der Waals surface area (Å²) in [6.45, 7) is 0. The van der Waals surface area contributed by atoms with Crippen molar-refractivity contribution >= 4 is 11.8 Å². The van der Waals surface area contributed by atoms with Gasteiger partial charge in [-0.1, -0.05) is 11.2 Å². The first-order valence-electron chi connectivity index (χ1n) is 3.93. The second kappa shape index (κ2) is 2.94. The maximum atomic E-state index is 8.64. The summed E-state index contributed by atoms with van der Waals surface area (Å²) in [7, 11) is 1.63. The highest BCUT2D eigenvalue weighted by Crippen LogP contribution is 2.24. The minimum absolute atomic E-state index is 0.595. The first-order chi connectivity index (χ1) is 6.35. The number of oxime groups is 1. The molecule has 0 amide bonds. The summed E-state index contributed by atoms with van der Waals surface area (Å²) < 4.78 is 5.07. The van der Waals surface area contributed by atoms with Gasteiger partial charge < -0.3 is 9.94 Å². The Labute approximate surface area is 76.0 Å². The van der Waals surface area contributed by atoms with Gasteiger partial charge in [-0.2, -0.15) is 0 Å². The molecule has 0 bridgehead atoms. The number of allylic oxidation sites excluding steroid dienone is 1. The number of nitrogens with zero attached hydrogens (tertiary/aromatic N) is 1. The van der Waals surface area contributed by atoms with Crippen molar-refractivity contribution in [3.63, 3.8) is 0 Å². The van der Waals surface area contributed by atoms with Crippen LogP contribution in [-0.4, -0.2) is 18.0 Å². The predicted octanol–water partition coefficient (Wildman–Crippen LogP) is 1.90. The van der Waals surface area contributed by atoms with Gasteiger partial charge in [-0.15, -0.1) is 0 Å². The highest BCUT2D eigenvalue weighted by molar-refractivity contribution is 6.16. The summed E-state index contributed by atoms with van der Waals surface area (Å²) in [6, 6.07) is 5.63. The van der Waals surface area contributed by atoms with Crippen molar-refractivity contribution in [3.8, 4) is 5.75 Å². The summed E-state index contributed by atoms with van der Waals surface area (Å²) in [4.78, 5) is 0. The number of rotatable bonds is 1. The Morgan fingerprint density at radius 2 is 2.15 bits per heavy atom. The predicted molar refractivity (Wildman–Crippen MR) is 50.4 cm³/mol. The third kappa shape index (κ3) is 1.18. The second-order valence-electron chi connectivity index (χ2n) is 2.77. The van der Waals surface area contributed by atoms with Crippen molar-refractivity contribution < 1.29 is 9.94 Å². The monoisotopic (exact) mass is 175 g/mol. The molecule has 0 heterocycles. The zero-order chi connectivity index (χ0) is 9.26. The molecule has 0 atom stereocenters. The quantitative estimate of drug-likeness (QED) is 0.523. The van der Waals surface area contributed by atoms with Crippen LogP contribution in [0.2, 0.25) is 0 Å². The van der Waals surface area contributed by atoms with Gasteiger partial charge in [0.2, 0.25) is 0 Å². The highest BCUT2D eigenvalue weighted by Gasteiger charge is 2.12. The number of hydrogen-bond acceptors (Lipinski definition) is 3. The molecule has 0 unspecified atom stereocenters. The van der Waals surface area contributed by atoms with Gasteiger partial charge >= 0.3 is 0 Å². The van der Waals surface area contributed by atoms with Crippen molar-refractivity contribution in [3.05, 3.63) is 35.4 Å². The number of methoxy groups -OCH3 is 1. The Morgan fingerprint density at radius 1 is 1.31 bits per heavy atom. The molecule has 1 aliphatic rings. The van der Waals surface area contributed by atoms with Crippen LogP contribution in [0.5, 0.6) is 5.75 Å². The summed E-state index contributed by atoms with van der Waals surface area (Å²) in [6.07, 6.45) is 3.66. The average molecular weight is 175 g/mol. The van der Waals surface area contributed by atoms with Crippen LogP contribution in [0.1, 0.15) is 11.1 Å². The molecule has 3 heteroatoms. The standard InChI is InChI=1S/C10H9NO2/c1-13-8-3-4-9-7(6-8)2-5-10(9)11-12/h2-6,12H,1H3. The molecule has 0 spiro atoms. The van der Waals surface area contributed by atoms with E-state index in [1.165, 1.54) is 0 Å². The van der Waals surface area contributed by atoms with E-state index < -0.39 is 0 Å². The lowest BCUT2D eigenvalue weighted by atomic mass is 10.1. The van der Waals surface area contributed by atoms with Crippen LogP contribution in [0.15, 0.2) is 29.4 Å². The van der Waals surface area contributed by atoms with Crippen LogP contribution in [0, 0.1) is 0 Å². The average Bonchev–Trinajstić information content (AvgIpc) is 2.59. The topological polar surface area (TPSA) is 41.8 Å². The largest absolute Gasteiger partial charge is 0.497 e. The fourth-order valence-corrected chi connectivity index (χ4v) is 1.38. The molecule has 1 aromatic rings. The summed E-state index contributed by atoms with van der Waals surface area (Å²) >= 11 is 0. The van der Waals surface area contributed by atoms with E-state index in [9.17, 15) is 0 Å². The van der Waals surface area contributed by atoms with Crippen LogP contribution in [0.4, 0.5) is 0 Å². The van der Waals surface area contributed by atoms with Gasteiger partial charge in [-0.05, 0) is 29.8 Å². The molecule has 0 saturated carbocycles. The number of ether oxygens (including phenoxy) is 1. The van der Waals surface area contributed by atoms with E-state index in [4.69, 9.17) is 9.94 Å². The minimum atomic E-state index is 0.595. The zero-order valence-electron chi connectivity index (χ0n) is 7.19. The molecule has 3 nitrogen and oxygen atoms in total. The summed E-state index contributed by atoms with van der Waals surface area (Å²) in [5.74, 6) is 0.808. The molecule has 2 rings (SSSR count). The fourth-order valence-electron chi connectivity index (χ4n) is 1.38. The molecule has 0 aromatic heterocycles. The molecule has 1 N–H and O–H groups in total. The van der Waals surface area contributed by atoms with Crippen LogP contribution in [0.25, 0.3) is 6.08 Å². The van der Waals surface area contributed by atoms with Gasteiger partial charge in [0.1, 0.15) is 11.5 Å². The Kier molecular flexibility index (Phi) is 1.77. The van der Waals surface area contributed by atoms with Gasteiger partial charge in [0.25, 0.3) is 0 Å². The maximum absolute atomic E-state index is 8.64. The van der Waals surface area contributed by atoms with Crippen LogP contribution >= 0.6 is 0 Å². The number of fused-ring (bicyclic) bond motifs is 1. The minimum Gasteiger partial charge on any atom is -0.497 e. The molecule has 66 valence electrons. The Hall–Kier alpha value is -1.77. The maximum Gasteiger partial charge on any atom is 0.119 e. The molecule has 0 saturated heterocycles. The molecule has 1 aromatic carbocycles. The lowest BCUT2D eigenvalue weighted by molar-refractivity contribution is 0.320. The van der Waals surface area contributed by atoms with Gasteiger partial charge in [-0.3, -0.25) is 0 Å². The van der Waals surface area contributed by atoms with Crippen molar-refractivity contribution in [2.45, 2.75) is 0 Å². The van der Waals surface area contributed by atoms with E-state index in [1.54, 1.807) is 13.2 Å². The smallest absolute Gasteiger partial charge is 0.119 e. The van der Waals surface area contributed by atoms with Crippen molar-refractivity contribution in [1.29, 1.82) is 0 Å².